The lowest BCUT2D eigenvalue weighted by atomic mass is 10.0. The molecule has 0 saturated carbocycles. The molecule has 24 heavy (non-hydrogen) atoms. The van der Waals surface area contributed by atoms with Crippen molar-refractivity contribution in [2.24, 2.45) is 0 Å². The van der Waals surface area contributed by atoms with E-state index in [0.717, 1.165) is 23.3 Å². The van der Waals surface area contributed by atoms with Crippen LogP contribution >= 0.6 is 0 Å². The van der Waals surface area contributed by atoms with E-state index in [-0.39, 0.29) is 36.5 Å². The molecule has 5 heteroatoms. The van der Waals surface area contributed by atoms with Gasteiger partial charge in [0.25, 0.3) is 11.8 Å². The predicted molar refractivity (Wildman–Crippen MR) is 96.7 cm³/mol. The molecule has 0 aliphatic rings. The fourth-order valence-corrected chi connectivity index (χ4v) is 2.60. The molecule has 0 aliphatic heterocycles. The fraction of sp³-hybridized carbons (Fsp3) is 0.579. The van der Waals surface area contributed by atoms with Crippen LogP contribution in [0.15, 0.2) is 30.3 Å². The number of benzene rings is 1. The van der Waals surface area contributed by atoms with Gasteiger partial charge in [-0.05, 0) is 32.8 Å². The number of rotatable bonds is 9. The molecule has 0 spiro atoms. The molecule has 3 atom stereocenters. The Morgan fingerprint density at radius 1 is 1.08 bits per heavy atom. The Morgan fingerprint density at radius 2 is 1.71 bits per heavy atom. The minimum atomic E-state index is -0.286. The lowest BCUT2D eigenvalue weighted by molar-refractivity contribution is -0.886. The molecule has 1 unspecified atom stereocenters. The molecule has 0 heterocycles. The van der Waals surface area contributed by atoms with Crippen LogP contribution in [0.2, 0.25) is 0 Å². The van der Waals surface area contributed by atoms with Crippen LogP contribution in [0.5, 0.6) is 0 Å². The average molecular weight is 334 g/mol. The summed E-state index contributed by atoms with van der Waals surface area (Å²) < 4.78 is 0. The normalized spacial score (nSPS) is 14.8. The maximum Gasteiger partial charge on any atom is 0.278 e. The standard InChI is InChI=1S/C19H31N3O2/c1-6-10-17(16-11-8-7-9-12-16)21-19(24)15(4)22(5)13-18(23)20-14(2)3/h7-9,11-12,14-15,17H,6,10,13H2,1-5H3,(H,20,23)(H,21,24)/p+1/t15-,17+/m0/s1. The summed E-state index contributed by atoms with van der Waals surface area (Å²) in [6.45, 7) is 8.12. The van der Waals surface area contributed by atoms with Gasteiger partial charge < -0.3 is 15.5 Å². The second-order valence-corrected chi connectivity index (χ2v) is 6.73. The van der Waals surface area contributed by atoms with E-state index in [0.29, 0.717) is 0 Å². The number of carbonyl (C=O) groups is 2. The van der Waals surface area contributed by atoms with Crippen LogP contribution in [0.3, 0.4) is 0 Å². The van der Waals surface area contributed by atoms with Crippen LogP contribution in [-0.4, -0.2) is 37.5 Å². The summed E-state index contributed by atoms with van der Waals surface area (Å²) in [5, 5.41) is 6.00. The van der Waals surface area contributed by atoms with Gasteiger partial charge in [-0.25, -0.2) is 0 Å². The molecule has 0 fully saturated rings. The van der Waals surface area contributed by atoms with Crippen molar-refractivity contribution in [3.05, 3.63) is 35.9 Å². The van der Waals surface area contributed by atoms with Crippen molar-refractivity contribution >= 4 is 11.8 Å². The van der Waals surface area contributed by atoms with E-state index < -0.39 is 0 Å². The van der Waals surface area contributed by atoms with Gasteiger partial charge in [0.05, 0.1) is 13.1 Å². The summed E-state index contributed by atoms with van der Waals surface area (Å²) in [7, 11) is 1.88. The fourth-order valence-electron chi connectivity index (χ4n) is 2.60. The first-order chi connectivity index (χ1) is 11.3. The summed E-state index contributed by atoms with van der Waals surface area (Å²) in [5.41, 5.74) is 1.12. The van der Waals surface area contributed by atoms with E-state index in [9.17, 15) is 9.59 Å². The first-order valence-electron chi connectivity index (χ1n) is 8.82. The zero-order chi connectivity index (χ0) is 18.1. The summed E-state index contributed by atoms with van der Waals surface area (Å²) >= 11 is 0. The Morgan fingerprint density at radius 3 is 2.25 bits per heavy atom. The number of hydrogen-bond acceptors (Lipinski definition) is 2. The molecule has 1 aromatic carbocycles. The van der Waals surface area contributed by atoms with Crippen LogP contribution < -0.4 is 15.5 Å². The number of hydrogen-bond donors (Lipinski definition) is 3. The number of nitrogens with one attached hydrogen (secondary N) is 3. The van der Waals surface area contributed by atoms with Crippen LogP contribution in [0.4, 0.5) is 0 Å². The van der Waals surface area contributed by atoms with E-state index in [2.05, 4.69) is 17.6 Å². The Hall–Kier alpha value is -1.88. The van der Waals surface area contributed by atoms with Crippen molar-refractivity contribution in [3.8, 4) is 0 Å². The lowest BCUT2D eigenvalue weighted by Crippen LogP contribution is -3.15. The zero-order valence-corrected chi connectivity index (χ0v) is 15.6. The van der Waals surface area contributed by atoms with Crippen molar-refractivity contribution in [2.75, 3.05) is 13.6 Å². The highest BCUT2D eigenvalue weighted by molar-refractivity contribution is 5.81. The Bertz CT molecular complexity index is 517. The van der Waals surface area contributed by atoms with Gasteiger partial charge in [0.1, 0.15) is 0 Å². The van der Waals surface area contributed by atoms with Gasteiger partial charge in [-0.1, -0.05) is 43.7 Å². The third kappa shape index (κ3) is 6.71. The summed E-state index contributed by atoms with van der Waals surface area (Å²) in [5.74, 6) is -0.0533. The predicted octanol–water partition coefficient (Wildman–Crippen LogP) is 1.07. The molecule has 1 aromatic rings. The van der Waals surface area contributed by atoms with Gasteiger partial charge >= 0.3 is 0 Å². The molecule has 0 bridgehead atoms. The molecule has 134 valence electrons. The second-order valence-electron chi connectivity index (χ2n) is 6.73. The molecule has 0 aliphatic carbocycles. The van der Waals surface area contributed by atoms with E-state index in [1.54, 1.807) is 0 Å². The maximum atomic E-state index is 12.6. The van der Waals surface area contributed by atoms with Gasteiger partial charge in [-0.2, -0.15) is 0 Å². The Labute approximate surface area is 145 Å². The minimum absolute atomic E-state index is 0.0171. The monoisotopic (exact) mass is 334 g/mol. The van der Waals surface area contributed by atoms with Gasteiger partial charge in [-0.3, -0.25) is 9.59 Å². The van der Waals surface area contributed by atoms with E-state index >= 15 is 0 Å². The zero-order valence-electron chi connectivity index (χ0n) is 15.6. The molecule has 2 amide bonds. The number of likely N-dealkylation sites (N-methyl/N-ethyl adjacent to an activating group) is 1. The number of carbonyl (C=O) groups excluding carboxylic acids is 2. The maximum absolute atomic E-state index is 12.6. The first-order valence-corrected chi connectivity index (χ1v) is 8.82. The Balaban J connectivity index is 2.64. The highest BCUT2D eigenvalue weighted by Gasteiger charge is 2.26. The van der Waals surface area contributed by atoms with Gasteiger partial charge in [0, 0.05) is 6.04 Å². The molecule has 5 nitrogen and oxygen atoms in total. The molecule has 1 rings (SSSR count). The van der Waals surface area contributed by atoms with Crippen molar-refractivity contribution in [1.29, 1.82) is 0 Å². The number of quaternary nitrogens is 1. The molecule has 0 radical (unpaired) electrons. The van der Waals surface area contributed by atoms with Gasteiger partial charge in [0.15, 0.2) is 12.6 Å². The van der Waals surface area contributed by atoms with E-state index in [4.69, 9.17) is 0 Å². The van der Waals surface area contributed by atoms with Crippen molar-refractivity contribution in [3.63, 3.8) is 0 Å². The lowest BCUT2D eigenvalue weighted by Gasteiger charge is -2.24. The number of amides is 2. The highest BCUT2D eigenvalue weighted by atomic mass is 16.2. The van der Waals surface area contributed by atoms with Crippen molar-refractivity contribution in [2.45, 2.75) is 58.7 Å². The third-order valence-corrected chi connectivity index (χ3v) is 4.12. The minimum Gasteiger partial charge on any atom is -0.349 e. The SMILES string of the molecule is CCC[C@@H](NC(=O)[C@H](C)[NH+](C)CC(=O)NC(C)C)c1ccccc1. The highest BCUT2D eigenvalue weighted by Crippen LogP contribution is 2.17. The van der Waals surface area contributed by atoms with Crippen molar-refractivity contribution < 1.29 is 14.5 Å². The third-order valence-electron chi connectivity index (χ3n) is 4.12. The molecule has 0 saturated heterocycles. The largest absolute Gasteiger partial charge is 0.349 e. The second kappa shape index (κ2) is 10.1. The van der Waals surface area contributed by atoms with Gasteiger partial charge in [0.2, 0.25) is 0 Å². The van der Waals surface area contributed by atoms with Crippen LogP contribution in [0, 0.1) is 0 Å². The van der Waals surface area contributed by atoms with E-state index in [1.165, 1.54) is 0 Å². The summed E-state index contributed by atoms with van der Waals surface area (Å²) in [6, 6.07) is 9.87. The van der Waals surface area contributed by atoms with Crippen LogP contribution in [0.25, 0.3) is 0 Å². The molecular formula is C19H32N3O2+. The smallest absolute Gasteiger partial charge is 0.278 e. The summed E-state index contributed by atoms with van der Waals surface area (Å²) in [4.78, 5) is 25.3. The topological polar surface area (TPSA) is 62.6 Å². The van der Waals surface area contributed by atoms with Crippen LogP contribution in [-0.2, 0) is 9.59 Å². The molecular weight excluding hydrogens is 302 g/mol. The van der Waals surface area contributed by atoms with Gasteiger partial charge in [-0.15, -0.1) is 0 Å². The average Bonchev–Trinajstić information content (AvgIpc) is 2.53. The molecule has 0 aromatic heterocycles. The van der Waals surface area contributed by atoms with Crippen LogP contribution in [0.1, 0.15) is 52.1 Å². The quantitative estimate of drug-likeness (QED) is 0.633. The first kappa shape index (κ1) is 20.2. The van der Waals surface area contributed by atoms with Crippen molar-refractivity contribution in [1.82, 2.24) is 10.6 Å². The summed E-state index contributed by atoms with van der Waals surface area (Å²) in [6.07, 6.45) is 1.89. The Kier molecular flexibility index (Phi) is 8.47. The van der Waals surface area contributed by atoms with E-state index in [1.807, 2.05) is 58.2 Å². The molecule has 3 N–H and O–H groups in total.